The van der Waals surface area contributed by atoms with E-state index in [2.05, 4.69) is 15.6 Å². The molecule has 3 rings (SSSR count). The maximum absolute atomic E-state index is 12.0. The zero-order valence-corrected chi connectivity index (χ0v) is 13.0. The minimum absolute atomic E-state index is 0.145. The van der Waals surface area contributed by atoms with Crippen LogP contribution in [0.4, 0.5) is 10.6 Å². The van der Waals surface area contributed by atoms with Gasteiger partial charge in [-0.05, 0) is 31.6 Å². The highest BCUT2D eigenvalue weighted by Gasteiger charge is 2.36. The zero-order chi connectivity index (χ0) is 14.8. The third-order valence-electron chi connectivity index (χ3n) is 3.85. The fourth-order valence-corrected chi connectivity index (χ4v) is 2.83. The summed E-state index contributed by atoms with van der Waals surface area (Å²) in [4.78, 5) is 16.0. The average Bonchev–Trinajstić information content (AvgIpc) is 3.28. The molecule has 114 valence electrons. The van der Waals surface area contributed by atoms with Crippen LogP contribution in [0.1, 0.15) is 25.7 Å². The van der Waals surface area contributed by atoms with Crippen LogP contribution in [0, 0.1) is 5.92 Å². The van der Waals surface area contributed by atoms with Crippen LogP contribution in [0.15, 0.2) is 12.3 Å². The Bertz CT molecular complexity index is 537. The van der Waals surface area contributed by atoms with Gasteiger partial charge in [0.05, 0.1) is 16.1 Å². The van der Waals surface area contributed by atoms with E-state index < -0.39 is 0 Å². The Morgan fingerprint density at radius 1 is 1.29 bits per heavy atom. The van der Waals surface area contributed by atoms with Gasteiger partial charge >= 0.3 is 6.03 Å². The van der Waals surface area contributed by atoms with Crippen LogP contribution in [0.3, 0.4) is 0 Å². The predicted molar refractivity (Wildman–Crippen MR) is 81.9 cm³/mol. The minimum atomic E-state index is -0.276. The monoisotopic (exact) mass is 329 g/mol. The maximum atomic E-state index is 12.0. The van der Waals surface area contributed by atoms with Crippen molar-refractivity contribution < 1.29 is 9.53 Å². The van der Waals surface area contributed by atoms with Crippen molar-refractivity contribution in [2.45, 2.75) is 37.8 Å². The number of hydrogen-bond acceptors (Lipinski definition) is 3. The molecule has 0 aromatic carbocycles. The molecule has 2 N–H and O–H groups in total. The van der Waals surface area contributed by atoms with E-state index in [1.807, 2.05) is 0 Å². The molecule has 1 aromatic heterocycles. The molecule has 0 bridgehead atoms. The number of ether oxygens (including phenoxy) is 1. The first-order valence-electron chi connectivity index (χ1n) is 7.12. The van der Waals surface area contributed by atoms with Crippen LogP contribution < -0.4 is 10.6 Å². The van der Waals surface area contributed by atoms with Gasteiger partial charge in [-0.25, -0.2) is 9.78 Å². The number of rotatable bonds is 3. The van der Waals surface area contributed by atoms with Crippen molar-refractivity contribution in [1.29, 1.82) is 0 Å². The van der Waals surface area contributed by atoms with Crippen molar-refractivity contribution in [3.63, 3.8) is 0 Å². The van der Waals surface area contributed by atoms with Gasteiger partial charge in [0.2, 0.25) is 0 Å². The van der Waals surface area contributed by atoms with Crippen molar-refractivity contribution in [2.75, 3.05) is 11.9 Å². The number of amides is 2. The van der Waals surface area contributed by atoms with Gasteiger partial charge in [-0.3, -0.25) is 5.32 Å². The SMILES string of the molecule is O=C(Nc1cc(Cl)c(Cl)cn1)N[C@H]1CCO[C@H](C2CC2)C1. The summed E-state index contributed by atoms with van der Waals surface area (Å²) in [5.74, 6) is 1.07. The molecule has 21 heavy (non-hydrogen) atoms. The number of carbonyl (C=O) groups excluding carboxylic acids is 1. The van der Waals surface area contributed by atoms with Crippen LogP contribution in [-0.2, 0) is 4.74 Å². The fraction of sp³-hybridized carbons (Fsp3) is 0.571. The van der Waals surface area contributed by atoms with Crippen LogP contribution in [0.2, 0.25) is 10.0 Å². The van der Waals surface area contributed by atoms with Gasteiger partial charge in [-0.1, -0.05) is 23.2 Å². The van der Waals surface area contributed by atoms with E-state index in [-0.39, 0.29) is 12.1 Å². The normalized spacial score (nSPS) is 25.4. The largest absolute Gasteiger partial charge is 0.378 e. The molecule has 2 atom stereocenters. The molecule has 2 aliphatic rings. The highest BCUT2D eigenvalue weighted by molar-refractivity contribution is 6.42. The molecule has 2 heterocycles. The Balaban J connectivity index is 1.52. The second kappa shape index (κ2) is 6.38. The second-order valence-corrected chi connectivity index (χ2v) is 6.36. The lowest BCUT2D eigenvalue weighted by Gasteiger charge is -2.30. The van der Waals surface area contributed by atoms with E-state index in [1.165, 1.54) is 25.1 Å². The van der Waals surface area contributed by atoms with Crippen molar-refractivity contribution >= 4 is 35.1 Å². The van der Waals surface area contributed by atoms with E-state index >= 15 is 0 Å². The molecule has 7 heteroatoms. The van der Waals surface area contributed by atoms with Gasteiger partial charge in [0.15, 0.2) is 0 Å². The summed E-state index contributed by atoms with van der Waals surface area (Å²) in [7, 11) is 0. The summed E-state index contributed by atoms with van der Waals surface area (Å²) in [6.07, 6.45) is 5.93. The molecule has 0 unspecified atom stereocenters. The third kappa shape index (κ3) is 3.99. The van der Waals surface area contributed by atoms with Crippen molar-refractivity contribution in [2.24, 2.45) is 5.92 Å². The highest BCUT2D eigenvalue weighted by atomic mass is 35.5. The molecule has 1 aliphatic heterocycles. The molecular formula is C14H17Cl2N3O2. The summed E-state index contributed by atoms with van der Waals surface area (Å²) in [5, 5.41) is 6.36. The van der Waals surface area contributed by atoms with Crippen molar-refractivity contribution in [3.8, 4) is 0 Å². The average molecular weight is 330 g/mol. The Morgan fingerprint density at radius 3 is 2.81 bits per heavy atom. The molecule has 2 amide bonds. The molecule has 1 saturated carbocycles. The summed E-state index contributed by atoms with van der Waals surface area (Å²) in [6.45, 7) is 0.705. The number of aromatic nitrogens is 1. The number of anilines is 1. The molecular weight excluding hydrogens is 313 g/mol. The lowest BCUT2D eigenvalue weighted by Crippen LogP contribution is -2.44. The molecule has 1 aromatic rings. The number of pyridine rings is 1. The maximum Gasteiger partial charge on any atom is 0.320 e. The first kappa shape index (κ1) is 14.9. The van der Waals surface area contributed by atoms with Crippen LogP contribution in [-0.4, -0.2) is 29.8 Å². The zero-order valence-electron chi connectivity index (χ0n) is 11.4. The number of halogens is 2. The first-order valence-corrected chi connectivity index (χ1v) is 7.87. The number of nitrogens with zero attached hydrogens (tertiary/aromatic N) is 1. The quantitative estimate of drug-likeness (QED) is 0.892. The number of carbonyl (C=O) groups is 1. The molecule has 0 spiro atoms. The molecule has 1 aliphatic carbocycles. The summed E-state index contributed by atoms with van der Waals surface area (Å²) >= 11 is 11.7. The summed E-state index contributed by atoms with van der Waals surface area (Å²) in [6, 6.07) is 1.40. The van der Waals surface area contributed by atoms with Gasteiger partial charge in [-0.15, -0.1) is 0 Å². The topological polar surface area (TPSA) is 63.2 Å². The molecule has 0 radical (unpaired) electrons. The standard InChI is InChI=1S/C14H17Cl2N3O2/c15-10-6-13(17-7-11(10)16)19-14(20)18-9-3-4-21-12(5-9)8-1-2-8/h6-9,12H,1-5H2,(H2,17,18,19,20)/t9-,12-/m0/s1. The van der Waals surface area contributed by atoms with Gasteiger partial charge in [0.25, 0.3) is 0 Å². The van der Waals surface area contributed by atoms with E-state index in [9.17, 15) is 4.79 Å². The molecule has 5 nitrogen and oxygen atoms in total. The van der Waals surface area contributed by atoms with Gasteiger partial charge in [0, 0.05) is 24.9 Å². The number of urea groups is 1. The van der Waals surface area contributed by atoms with Gasteiger partial charge in [0.1, 0.15) is 5.82 Å². The van der Waals surface area contributed by atoms with Crippen molar-refractivity contribution in [3.05, 3.63) is 22.3 Å². The predicted octanol–water partition coefficient (Wildman–Crippen LogP) is 3.47. The van der Waals surface area contributed by atoms with E-state index in [4.69, 9.17) is 27.9 Å². The van der Waals surface area contributed by atoms with Crippen molar-refractivity contribution in [1.82, 2.24) is 10.3 Å². The lowest BCUT2D eigenvalue weighted by atomic mass is 10.0. The number of hydrogen-bond donors (Lipinski definition) is 2. The second-order valence-electron chi connectivity index (χ2n) is 5.55. The lowest BCUT2D eigenvalue weighted by molar-refractivity contribution is -0.00889. The Labute approximate surface area is 133 Å². The van der Waals surface area contributed by atoms with Gasteiger partial charge < -0.3 is 10.1 Å². The molecule has 2 fully saturated rings. The van der Waals surface area contributed by atoms with E-state index in [1.54, 1.807) is 0 Å². The Morgan fingerprint density at radius 2 is 2.10 bits per heavy atom. The highest BCUT2D eigenvalue weighted by Crippen LogP contribution is 2.38. The summed E-state index contributed by atoms with van der Waals surface area (Å²) < 4.78 is 5.74. The Hall–Kier alpha value is -1.04. The number of nitrogens with one attached hydrogen (secondary N) is 2. The fourth-order valence-electron chi connectivity index (χ4n) is 2.58. The third-order valence-corrected chi connectivity index (χ3v) is 4.56. The molecule has 1 saturated heterocycles. The summed E-state index contributed by atoms with van der Waals surface area (Å²) in [5.41, 5.74) is 0. The van der Waals surface area contributed by atoms with E-state index in [0.29, 0.717) is 34.5 Å². The minimum Gasteiger partial charge on any atom is -0.378 e. The van der Waals surface area contributed by atoms with E-state index in [0.717, 1.165) is 12.8 Å². The van der Waals surface area contributed by atoms with Crippen LogP contribution in [0.5, 0.6) is 0 Å². The smallest absolute Gasteiger partial charge is 0.320 e. The van der Waals surface area contributed by atoms with Crippen LogP contribution in [0.25, 0.3) is 0 Å². The van der Waals surface area contributed by atoms with Crippen LogP contribution >= 0.6 is 23.2 Å². The van der Waals surface area contributed by atoms with Gasteiger partial charge in [-0.2, -0.15) is 0 Å². The Kier molecular flexibility index (Phi) is 4.52. The first-order chi connectivity index (χ1) is 10.1.